The Bertz CT molecular complexity index is 430. The predicted molar refractivity (Wildman–Crippen MR) is 62.5 cm³/mol. The fraction of sp³-hybridized carbons (Fsp3) is 0.111. The van der Waals surface area contributed by atoms with Crippen LogP contribution in [0.1, 0.15) is 20.7 Å². The predicted octanol–water partition coefficient (Wildman–Crippen LogP) is 2.43. The molecule has 0 aliphatic rings. The van der Waals surface area contributed by atoms with Crippen molar-refractivity contribution in [1.82, 2.24) is 0 Å². The van der Waals surface area contributed by atoms with Crippen molar-refractivity contribution >= 4 is 46.1 Å². The van der Waals surface area contributed by atoms with Crippen LogP contribution in [0.4, 0.5) is 0 Å². The Morgan fingerprint density at radius 3 is 2.47 bits per heavy atom. The Morgan fingerprint density at radius 2 is 2.00 bits per heavy atom. The SMILES string of the molecule is COC(=O)c1cc(Cl)c(C(=O)O)cc1I. The first-order chi connectivity index (χ1) is 6.97. The summed E-state index contributed by atoms with van der Waals surface area (Å²) in [4.78, 5) is 22.0. The van der Waals surface area contributed by atoms with E-state index < -0.39 is 11.9 Å². The van der Waals surface area contributed by atoms with E-state index in [1.807, 2.05) is 22.6 Å². The van der Waals surface area contributed by atoms with Crippen LogP contribution in [0.3, 0.4) is 0 Å². The summed E-state index contributed by atoms with van der Waals surface area (Å²) < 4.78 is 5.01. The number of carboxylic acid groups (broad SMARTS) is 1. The molecule has 15 heavy (non-hydrogen) atoms. The summed E-state index contributed by atoms with van der Waals surface area (Å²) in [5, 5.41) is 8.79. The van der Waals surface area contributed by atoms with Crippen molar-refractivity contribution in [3.63, 3.8) is 0 Å². The van der Waals surface area contributed by atoms with Gasteiger partial charge in [-0.2, -0.15) is 0 Å². The topological polar surface area (TPSA) is 63.6 Å². The fourth-order valence-corrected chi connectivity index (χ4v) is 1.91. The molecular formula is C9H6ClIO4. The monoisotopic (exact) mass is 340 g/mol. The van der Waals surface area contributed by atoms with Gasteiger partial charge in [-0.05, 0) is 34.7 Å². The third-order valence-corrected chi connectivity index (χ3v) is 2.90. The van der Waals surface area contributed by atoms with Gasteiger partial charge in [0.15, 0.2) is 0 Å². The van der Waals surface area contributed by atoms with Crippen LogP contribution >= 0.6 is 34.2 Å². The molecule has 0 unspecified atom stereocenters. The third-order valence-electron chi connectivity index (χ3n) is 1.69. The first-order valence-electron chi connectivity index (χ1n) is 3.78. The maximum atomic E-state index is 11.2. The number of rotatable bonds is 2. The average Bonchev–Trinajstić information content (AvgIpc) is 2.19. The first-order valence-corrected chi connectivity index (χ1v) is 5.23. The molecule has 0 aliphatic carbocycles. The zero-order chi connectivity index (χ0) is 11.6. The molecule has 0 saturated heterocycles. The van der Waals surface area contributed by atoms with E-state index >= 15 is 0 Å². The van der Waals surface area contributed by atoms with Crippen LogP contribution in [0, 0.1) is 3.57 Å². The van der Waals surface area contributed by atoms with Crippen LogP contribution in [-0.2, 0) is 4.74 Å². The number of ether oxygens (including phenoxy) is 1. The number of carbonyl (C=O) groups excluding carboxylic acids is 1. The second kappa shape index (κ2) is 4.80. The molecule has 0 aliphatic heterocycles. The Labute approximate surface area is 104 Å². The Morgan fingerprint density at radius 1 is 1.40 bits per heavy atom. The second-order valence-electron chi connectivity index (χ2n) is 2.61. The highest BCUT2D eigenvalue weighted by Gasteiger charge is 2.16. The van der Waals surface area contributed by atoms with E-state index in [1.165, 1.54) is 19.2 Å². The molecule has 0 atom stereocenters. The zero-order valence-corrected chi connectivity index (χ0v) is 10.5. The summed E-state index contributed by atoms with van der Waals surface area (Å²) in [6.45, 7) is 0. The van der Waals surface area contributed by atoms with E-state index in [2.05, 4.69) is 4.74 Å². The fourth-order valence-electron chi connectivity index (χ4n) is 0.977. The Balaban J connectivity index is 3.31. The van der Waals surface area contributed by atoms with Crippen LogP contribution in [-0.4, -0.2) is 24.2 Å². The summed E-state index contributed by atoms with van der Waals surface area (Å²) in [7, 11) is 1.25. The van der Waals surface area contributed by atoms with Gasteiger partial charge in [-0.15, -0.1) is 0 Å². The standard InChI is InChI=1S/C9H6ClIO4/c1-15-9(14)5-2-6(10)4(8(12)13)3-7(5)11/h2-3H,1H3,(H,12,13). The molecule has 0 spiro atoms. The number of hydrogen-bond acceptors (Lipinski definition) is 3. The summed E-state index contributed by atoms with van der Waals surface area (Å²) in [5.41, 5.74) is 0.224. The largest absolute Gasteiger partial charge is 0.478 e. The van der Waals surface area contributed by atoms with Gasteiger partial charge in [-0.1, -0.05) is 11.6 Å². The highest BCUT2D eigenvalue weighted by molar-refractivity contribution is 14.1. The molecule has 0 amide bonds. The maximum absolute atomic E-state index is 11.2. The summed E-state index contributed by atoms with van der Waals surface area (Å²) in [6, 6.07) is 2.62. The van der Waals surface area contributed by atoms with E-state index in [0.717, 1.165) is 0 Å². The molecule has 80 valence electrons. The summed E-state index contributed by atoms with van der Waals surface area (Å²) in [5.74, 6) is -1.67. The minimum Gasteiger partial charge on any atom is -0.478 e. The van der Waals surface area contributed by atoms with Gasteiger partial charge in [0.05, 0.1) is 23.3 Å². The number of methoxy groups -OCH3 is 1. The first kappa shape index (κ1) is 12.3. The van der Waals surface area contributed by atoms with Crippen molar-refractivity contribution in [1.29, 1.82) is 0 Å². The van der Waals surface area contributed by atoms with Crippen LogP contribution in [0.25, 0.3) is 0 Å². The highest BCUT2D eigenvalue weighted by Crippen LogP contribution is 2.23. The molecule has 0 fully saturated rings. The summed E-state index contributed by atoms with van der Waals surface area (Å²) >= 11 is 7.56. The van der Waals surface area contributed by atoms with E-state index in [-0.39, 0.29) is 16.1 Å². The van der Waals surface area contributed by atoms with Gasteiger partial charge in [0, 0.05) is 3.57 Å². The van der Waals surface area contributed by atoms with Crippen molar-refractivity contribution in [2.45, 2.75) is 0 Å². The normalized spacial score (nSPS) is 9.80. The van der Waals surface area contributed by atoms with Gasteiger partial charge in [0.2, 0.25) is 0 Å². The van der Waals surface area contributed by atoms with Gasteiger partial charge >= 0.3 is 11.9 Å². The van der Waals surface area contributed by atoms with Gasteiger partial charge in [-0.25, -0.2) is 9.59 Å². The molecule has 0 saturated carbocycles. The van der Waals surface area contributed by atoms with Gasteiger partial charge in [0.1, 0.15) is 0 Å². The van der Waals surface area contributed by atoms with Crippen LogP contribution < -0.4 is 0 Å². The lowest BCUT2D eigenvalue weighted by Gasteiger charge is -2.05. The second-order valence-corrected chi connectivity index (χ2v) is 4.18. The van der Waals surface area contributed by atoms with Gasteiger partial charge in [0.25, 0.3) is 0 Å². The Kier molecular flexibility index (Phi) is 3.92. The highest BCUT2D eigenvalue weighted by atomic mass is 127. The van der Waals surface area contributed by atoms with Crippen molar-refractivity contribution < 1.29 is 19.4 Å². The minimum atomic E-state index is -1.13. The van der Waals surface area contributed by atoms with Gasteiger partial charge < -0.3 is 9.84 Å². The quantitative estimate of drug-likeness (QED) is 0.663. The van der Waals surface area contributed by atoms with E-state index in [9.17, 15) is 9.59 Å². The summed E-state index contributed by atoms with van der Waals surface area (Å²) in [6.07, 6.45) is 0. The van der Waals surface area contributed by atoms with Crippen molar-refractivity contribution in [2.75, 3.05) is 7.11 Å². The Hall–Kier alpha value is -0.820. The van der Waals surface area contributed by atoms with Crippen LogP contribution in [0.5, 0.6) is 0 Å². The molecule has 6 heteroatoms. The number of benzene rings is 1. The molecular weight excluding hydrogens is 334 g/mol. The molecule has 1 aromatic carbocycles. The van der Waals surface area contributed by atoms with Gasteiger partial charge in [-0.3, -0.25) is 0 Å². The smallest absolute Gasteiger partial charge is 0.338 e. The number of hydrogen-bond donors (Lipinski definition) is 1. The molecule has 0 aromatic heterocycles. The number of aromatic carboxylic acids is 1. The third kappa shape index (κ3) is 2.60. The van der Waals surface area contributed by atoms with Crippen molar-refractivity contribution in [3.8, 4) is 0 Å². The molecule has 1 rings (SSSR count). The number of halogens is 2. The molecule has 0 radical (unpaired) electrons. The van der Waals surface area contributed by atoms with E-state index in [4.69, 9.17) is 16.7 Å². The van der Waals surface area contributed by atoms with E-state index in [0.29, 0.717) is 3.57 Å². The zero-order valence-electron chi connectivity index (χ0n) is 7.58. The average molecular weight is 340 g/mol. The van der Waals surface area contributed by atoms with Crippen molar-refractivity contribution in [3.05, 3.63) is 31.9 Å². The number of esters is 1. The van der Waals surface area contributed by atoms with Crippen LogP contribution in [0.2, 0.25) is 5.02 Å². The molecule has 0 bridgehead atoms. The van der Waals surface area contributed by atoms with Crippen molar-refractivity contribution in [2.24, 2.45) is 0 Å². The lowest BCUT2D eigenvalue weighted by atomic mass is 10.1. The lowest BCUT2D eigenvalue weighted by molar-refractivity contribution is 0.0597. The maximum Gasteiger partial charge on any atom is 0.338 e. The van der Waals surface area contributed by atoms with Crippen LogP contribution in [0.15, 0.2) is 12.1 Å². The molecule has 1 N–H and O–H groups in total. The minimum absolute atomic E-state index is 0.0170. The lowest BCUT2D eigenvalue weighted by Crippen LogP contribution is -2.07. The number of carboxylic acids is 1. The molecule has 0 heterocycles. The molecule has 1 aromatic rings. The number of carbonyl (C=O) groups is 2. The molecule has 4 nitrogen and oxygen atoms in total. The van der Waals surface area contributed by atoms with E-state index in [1.54, 1.807) is 0 Å².